The molecule has 0 amide bonds. The first kappa shape index (κ1) is 11.0. The van der Waals surface area contributed by atoms with E-state index < -0.39 is 0 Å². The minimum absolute atomic E-state index is 0.0542. The molecule has 1 aromatic carbocycles. The van der Waals surface area contributed by atoms with E-state index in [4.69, 9.17) is 5.41 Å². The van der Waals surface area contributed by atoms with Crippen molar-refractivity contribution in [3.63, 3.8) is 0 Å². The second-order valence-corrected chi connectivity index (χ2v) is 4.62. The molecule has 0 aliphatic rings. The summed E-state index contributed by atoms with van der Waals surface area (Å²) in [6.07, 6.45) is 0. The van der Waals surface area contributed by atoms with Crippen LogP contribution in [-0.4, -0.2) is 5.71 Å². The van der Waals surface area contributed by atoms with Gasteiger partial charge in [0.2, 0.25) is 0 Å². The van der Waals surface area contributed by atoms with Crippen molar-refractivity contribution in [1.29, 1.82) is 5.41 Å². The third-order valence-corrected chi connectivity index (χ3v) is 3.15. The molecule has 76 valence electrons. The van der Waals surface area contributed by atoms with Crippen LogP contribution in [0.2, 0.25) is 0 Å². The van der Waals surface area contributed by atoms with Gasteiger partial charge in [-0.3, -0.25) is 0 Å². The van der Waals surface area contributed by atoms with Gasteiger partial charge in [0.05, 0.1) is 0 Å². The van der Waals surface area contributed by atoms with Crippen molar-refractivity contribution in [2.75, 3.05) is 0 Å². The van der Waals surface area contributed by atoms with Crippen LogP contribution in [0.3, 0.4) is 0 Å². The second-order valence-electron chi connectivity index (χ2n) is 4.62. The molecule has 14 heavy (non-hydrogen) atoms. The summed E-state index contributed by atoms with van der Waals surface area (Å²) in [5.41, 5.74) is 1.71. The van der Waals surface area contributed by atoms with Crippen LogP contribution in [0.25, 0.3) is 0 Å². The third kappa shape index (κ3) is 2.03. The fraction of sp³-hybridized carbons (Fsp3) is 0.462. The van der Waals surface area contributed by atoms with Gasteiger partial charge >= 0.3 is 0 Å². The Morgan fingerprint density at radius 2 is 1.64 bits per heavy atom. The van der Waals surface area contributed by atoms with E-state index in [2.05, 4.69) is 27.7 Å². The lowest BCUT2D eigenvalue weighted by molar-refractivity contribution is 0.364. The smallest absolute Gasteiger partial charge is 0.0444 e. The highest BCUT2D eigenvalue weighted by molar-refractivity contribution is 6.02. The maximum atomic E-state index is 8.16. The Labute approximate surface area is 86.7 Å². The SMILES string of the molecule is CC(C)C(C)(C)C(=N)c1ccccc1. The van der Waals surface area contributed by atoms with Crippen LogP contribution in [0.4, 0.5) is 0 Å². The van der Waals surface area contributed by atoms with Crippen LogP contribution in [0.5, 0.6) is 0 Å². The number of benzene rings is 1. The van der Waals surface area contributed by atoms with Gasteiger partial charge in [-0.2, -0.15) is 0 Å². The fourth-order valence-corrected chi connectivity index (χ4v) is 1.27. The Morgan fingerprint density at radius 1 is 1.14 bits per heavy atom. The Bertz CT molecular complexity index is 309. The molecule has 1 nitrogen and oxygen atoms in total. The minimum Gasteiger partial charge on any atom is -0.304 e. The van der Waals surface area contributed by atoms with Gasteiger partial charge in [-0.15, -0.1) is 0 Å². The fourth-order valence-electron chi connectivity index (χ4n) is 1.27. The largest absolute Gasteiger partial charge is 0.304 e. The second kappa shape index (κ2) is 3.95. The average Bonchev–Trinajstić information content (AvgIpc) is 2.17. The van der Waals surface area contributed by atoms with Crippen molar-refractivity contribution in [2.24, 2.45) is 11.3 Å². The number of hydrogen-bond donors (Lipinski definition) is 1. The first-order valence-electron chi connectivity index (χ1n) is 5.10. The Kier molecular flexibility index (Phi) is 3.10. The molecular weight excluding hydrogens is 170 g/mol. The normalized spacial score (nSPS) is 11.8. The summed E-state index contributed by atoms with van der Waals surface area (Å²) >= 11 is 0. The lowest BCUT2D eigenvalue weighted by Gasteiger charge is -2.30. The van der Waals surface area contributed by atoms with Gasteiger partial charge in [0, 0.05) is 11.1 Å². The highest BCUT2D eigenvalue weighted by Crippen LogP contribution is 2.30. The van der Waals surface area contributed by atoms with E-state index in [1.807, 2.05) is 30.3 Å². The molecular formula is C13H19N. The van der Waals surface area contributed by atoms with Crippen molar-refractivity contribution in [3.05, 3.63) is 35.9 Å². The van der Waals surface area contributed by atoms with Gasteiger partial charge in [-0.1, -0.05) is 58.0 Å². The van der Waals surface area contributed by atoms with E-state index in [1.54, 1.807) is 0 Å². The lowest BCUT2D eigenvalue weighted by atomic mass is 9.74. The van der Waals surface area contributed by atoms with Gasteiger partial charge in [-0.05, 0) is 11.5 Å². The highest BCUT2D eigenvalue weighted by Gasteiger charge is 2.28. The molecule has 0 spiro atoms. The molecule has 0 aliphatic carbocycles. The first-order valence-corrected chi connectivity index (χ1v) is 5.10. The molecule has 0 heterocycles. The first-order chi connectivity index (χ1) is 6.46. The predicted octanol–water partition coefficient (Wildman–Crippen LogP) is 3.74. The predicted molar refractivity (Wildman–Crippen MR) is 61.9 cm³/mol. The van der Waals surface area contributed by atoms with Gasteiger partial charge in [0.15, 0.2) is 0 Å². The molecule has 0 aromatic heterocycles. The summed E-state index contributed by atoms with van der Waals surface area (Å²) in [7, 11) is 0. The zero-order chi connectivity index (χ0) is 10.8. The van der Waals surface area contributed by atoms with Gasteiger partial charge in [-0.25, -0.2) is 0 Å². The number of rotatable bonds is 3. The van der Waals surface area contributed by atoms with E-state index in [9.17, 15) is 0 Å². The Balaban J connectivity index is 2.97. The van der Waals surface area contributed by atoms with Gasteiger partial charge in [0.1, 0.15) is 0 Å². The van der Waals surface area contributed by atoms with Crippen molar-refractivity contribution in [2.45, 2.75) is 27.7 Å². The lowest BCUT2D eigenvalue weighted by Crippen LogP contribution is -2.29. The summed E-state index contributed by atoms with van der Waals surface area (Å²) in [5.74, 6) is 0.482. The van der Waals surface area contributed by atoms with Crippen LogP contribution in [-0.2, 0) is 0 Å². The van der Waals surface area contributed by atoms with Gasteiger partial charge in [0.25, 0.3) is 0 Å². The van der Waals surface area contributed by atoms with E-state index >= 15 is 0 Å². The van der Waals surface area contributed by atoms with E-state index in [0.29, 0.717) is 5.92 Å². The molecule has 0 radical (unpaired) electrons. The monoisotopic (exact) mass is 189 g/mol. The summed E-state index contributed by atoms with van der Waals surface area (Å²) in [4.78, 5) is 0. The molecule has 0 bridgehead atoms. The average molecular weight is 189 g/mol. The highest BCUT2D eigenvalue weighted by atomic mass is 14.5. The molecule has 0 unspecified atom stereocenters. The van der Waals surface area contributed by atoms with Crippen LogP contribution in [0, 0.1) is 16.7 Å². The Hall–Kier alpha value is -1.11. The van der Waals surface area contributed by atoms with E-state index in [1.165, 1.54) is 0 Å². The number of nitrogens with one attached hydrogen (secondary N) is 1. The van der Waals surface area contributed by atoms with Gasteiger partial charge < -0.3 is 5.41 Å². The maximum Gasteiger partial charge on any atom is 0.0444 e. The summed E-state index contributed by atoms with van der Waals surface area (Å²) in [5, 5.41) is 8.16. The van der Waals surface area contributed by atoms with Crippen molar-refractivity contribution in [3.8, 4) is 0 Å². The minimum atomic E-state index is -0.0542. The van der Waals surface area contributed by atoms with E-state index in [-0.39, 0.29) is 5.41 Å². The zero-order valence-corrected chi connectivity index (χ0v) is 9.46. The van der Waals surface area contributed by atoms with E-state index in [0.717, 1.165) is 11.3 Å². The molecule has 1 N–H and O–H groups in total. The van der Waals surface area contributed by atoms with Crippen LogP contribution < -0.4 is 0 Å². The van der Waals surface area contributed by atoms with Crippen LogP contribution in [0.1, 0.15) is 33.3 Å². The summed E-state index contributed by atoms with van der Waals surface area (Å²) in [6, 6.07) is 9.97. The molecule has 0 fully saturated rings. The van der Waals surface area contributed by atoms with Crippen LogP contribution >= 0.6 is 0 Å². The molecule has 0 atom stereocenters. The van der Waals surface area contributed by atoms with Crippen molar-refractivity contribution in [1.82, 2.24) is 0 Å². The van der Waals surface area contributed by atoms with Crippen LogP contribution in [0.15, 0.2) is 30.3 Å². The quantitative estimate of drug-likeness (QED) is 0.700. The number of hydrogen-bond acceptors (Lipinski definition) is 1. The molecule has 1 rings (SSSR count). The topological polar surface area (TPSA) is 23.9 Å². The molecule has 1 heteroatoms. The standard InChI is InChI=1S/C13H19N/c1-10(2)13(3,4)12(14)11-8-6-5-7-9-11/h5-10,14H,1-4H3. The van der Waals surface area contributed by atoms with Crippen molar-refractivity contribution >= 4 is 5.71 Å². The maximum absolute atomic E-state index is 8.16. The molecule has 0 aliphatic heterocycles. The zero-order valence-electron chi connectivity index (χ0n) is 9.46. The molecule has 0 saturated carbocycles. The third-order valence-electron chi connectivity index (χ3n) is 3.15. The molecule has 0 saturated heterocycles. The summed E-state index contributed by atoms with van der Waals surface area (Å²) in [6.45, 7) is 8.59. The summed E-state index contributed by atoms with van der Waals surface area (Å²) < 4.78 is 0. The molecule has 1 aromatic rings. The van der Waals surface area contributed by atoms with Crippen molar-refractivity contribution < 1.29 is 0 Å². The Morgan fingerprint density at radius 3 is 2.07 bits per heavy atom.